The zero-order valence-corrected chi connectivity index (χ0v) is 26.8. The van der Waals surface area contributed by atoms with E-state index in [1.165, 1.54) is 20.8 Å². The van der Waals surface area contributed by atoms with E-state index in [4.69, 9.17) is 18.9 Å². The lowest BCUT2D eigenvalue weighted by molar-refractivity contribution is -0.217. The summed E-state index contributed by atoms with van der Waals surface area (Å²) in [6.45, 7) is 1.38. The van der Waals surface area contributed by atoms with Crippen molar-refractivity contribution in [2.24, 2.45) is 17.8 Å². The largest absolute Gasteiger partial charge is 0.396 e. The Bertz CT molecular complexity index is 1030. The van der Waals surface area contributed by atoms with Crippen LogP contribution in [0.15, 0.2) is 0 Å². The van der Waals surface area contributed by atoms with Gasteiger partial charge in [-0.05, 0) is 12.3 Å². The molecule has 0 aromatic heterocycles. The fraction of sp³-hybridized carbons (Fsp3) is 0.897. The molecular formula is C29H51N3O15. The Morgan fingerprint density at radius 3 is 1.51 bits per heavy atom. The summed E-state index contributed by atoms with van der Waals surface area (Å²) in [5.41, 5.74) is 0. The molecular weight excluding hydrogens is 630 g/mol. The molecule has 1 saturated carbocycles. The second-order valence-corrected chi connectivity index (χ2v) is 12.6. The van der Waals surface area contributed by atoms with Gasteiger partial charge in [-0.3, -0.25) is 14.4 Å². The molecule has 0 radical (unpaired) electrons. The fourth-order valence-corrected chi connectivity index (χ4v) is 6.71. The number of aliphatic hydroxyl groups is 8. The van der Waals surface area contributed by atoms with Crippen molar-refractivity contribution in [1.82, 2.24) is 16.0 Å². The lowest BCUT2D eigenvalue weighted by atomic mass is 9.74. The van der Waals surface area contributed by atoms with Gasteiger partial charge in [-0.2, -0.15) is 0 Å². The third-order valence-electron chi connectivity index (χ3n) is 9.14. The molecule has 47 heavy (non-hydrogen) atoms. The van der Waals surface area contributed by atoms with E-state index in [-0.39, 0.29) is 39.5 Å². The van der Waals surface area contributed by atoms with Crippen LogP contribution in [-0.4, -0.2) is 178 Å². The maximum absolute atomic E-state index is 12.1. The van der Waals surface area contributed by atoms with E-state index < -0.39 is 122 Å². The van der Waals surface area contributed by atoms with Gasteiger partial charge in [-0.15, -0.1) is 0 Å². The Morgan fingerprint density at radius 1 is 0.574 bits per heavy atom. The Labute approximate surface area is 272 Å². The van der Waals surface area contributed by atoms with Gasteiger partial charge in [0.05, 0.1) is 82.2 Å². The quantitative estimate of drug-likeness (QED) is 0.0814. The van der Waals surface area contributed by atoms with E-state index in [9.17, 15) is 55.2 Å². The first-order chi connectivity index (χ1) is 22.2. The highest BCUT2D eigenvalue weighted by atomic mass is 16.6. The van der Waals surface area contributed by atoms with Gasteiger partial charge in [0.25, 0.3) is 0 Å². The normalized spacial score (nSPS) is 40.8. The Kier molecular flexibility index (Phi) is 15.1. The number of carbonyl (C=O) groups excluding carboxylic acids is 3. The van der Waals surface area contributed by atoms with Crippen molar-refractivity contribution >= 4 is 17.7 Å². The van der Waals surface area contributed by atoms with Crippen LogP contribution < -0.4 is 16.0 Å². The van der Waals surface area contributed by atoms with Crippen LogP contribution >= 0.6 is 0 Å². The van der Waals surface area contributed by atoms with Crippen molar-refractivity contribution in [3.05, 3.63) is 0 Å². The number of amides is 3. The minimum Gasteiger partial charge on any atom is -0.396 e. The van der Waals surface area contributed by atoms with E-state index in [0.29, 0.717) is 0 Å². The Hall–Kier alpha value is -2.07. The lowest BCUT2D eigenvalue weighted by Crippen LogP contribution is -2.65. The van der Waals surface area contributed by atoms with Gasteiger partial charge in [-0.1, -0.05) is 0 Å². The molecule has 0 bridgehead atoms. The third kappa shape index (κ3) is 9.99. The molecule has 0 aromatic rings. The van der Waals surface area contributed by atoms with Crippen LogP contribution in [0.25, 0.3) is 0 Å². The number of aliphatic hydroxyl groups excluding tert-OH is 8. The van der Waals surface area contributed by atoms with Crippen molar-refractivity contribution < 1.29 is 74.2 Å². The van der Waals surface area contributed by atoms with Crippen LogP contribution in [0.1, 0.15) is 27.2 Å². The highest BCUT2D eigenvalue weighted by Crippen LogP contribution is 2.32. The average Bonchev–Trinajstić information content (AvgIpc) is 3.01. The zero-order chi connectivity index (χ0) is 35.0. The molecule has 2 heterocycles. The number of rotatable bonds is 14. The molecule has 18 heteroatoms. The summed E-state index contributed by atoms with van der Waals surface area (Å²) in [5.74, 6) is -3.56. The molecule has 3 fully saturated rings. The molecule has 1 aliphatic carbocycles. The summed E-state index contributed by atoms with van der Waals surface area (Å²) < 4.78 is 23.3. The molecule has 18 nitrogen and oxygen atoms in total. The molecule has 15 unspecified atom stereocenters. The highest BCUT2D eigenvalue weighted by molar-refractivity contribution is 5.74. The van der Waals surface area contributed by atoms with E-state index in [1.807, 2.05) is 0 Å². The van der Waals surface area contributed by atoms with Crippen LogP contribution in [0, 0.1) is 17.8 Å². The van der Waals surface area contributed by atoms with Crippen molar-refractivity contribution in [2.75, 3.05) is 46.2 Å². The fourth-order valence-electron chi connectivity index (χ4n) is 6.71. The SMILES string of the molecule is CC(=O)NC1C(O)CC(CO)C(COCC2OC(CO)C(COCC3OC(CO)C(O)C(O)C3NC(C)=O)C(O)C2NC(C)=O)C1O. The summed E-state index contributed by atoms with van der Waals surface area (Å²) >= 11 is 0. The average molecular weight is 682 g/mol. The number of hydrogen-bond donors (Lipinski definition) is 11. The van der Waals surface area contributed by atoms with Crippen LogP contribution in [0.3, 0.4) is 0 Å². The number of ether oxygens (including phenoxy) is 4. The molecule has 0 spiro atoms. The molecule has 11 N–H and O–H groups in total. The van der Waals surface area contributed by atoms with Gasteiger partial charge in [0.2, 0.25) is 17.7 Å². The standard InChI is InChI=1S/C29H51N3O15/c1-12(36)30-23-18(39)4-15(5-33)16(26(23)40)8-44-10-21-24(31-13(2)37)27(41)17(19(6-34)46-21)9-45-11-22-25(32-14(3)38)29(43)28(42)20(7-35)47-22/h15-29,33-35,39-43H,4-11H2,1-3H3,(H,30,36)(H,31,37)(H,32,38). The molecule has 15 atom stereocenters. The van der Waals surface area contributed by atoms with Gasteiger partial charge in [0.1, 0.15) is 30.5 Å². The number of carbonyl (C=O) groups is 3. The van der Waals surface area contributed by atoms with Crippen LogP contribution in [0.2, 0.25) is 0 Å². The molecule has 3 rings (SSSR count). The van der Waals surface area contributed by atoms with Gasteiger partial charge in [0.15, 0.2) is 0 Å². The summed E-state index contributed by atoms with van der Waals surface area (Å²) in [6, 6.07) is -3.08. The topological polar surface area (TPSA) is 286 Å². The first-order valence-electron chi connectivity index (χ1n) is 15.7. The Morgan fingerprint density at radius 2 is 1.02 bits per heavy atom. The zero-order valence-electron chi connectivity index (χ0n) is 26.8. The van der Waals surface area contributed by atoms with Crippen LogP contribution in [0.5, 0.6) is 0 Å². The summed E-state index contributed by atoms with van der Waals surface area (Å²) in [5, 5.41) is 90.6. The minimum atomic E-state index is -1.47. The lowest BCUT2D eigenvalue weighted by Gasteiger charge is -2.46. The van der Waals surface area contributed by atoms with Gasteiger partial charge in [-0.25, -0.2) is 0 Å². The first kappa shape index (κ1) is 39.4. The predicted octanol–water partition coefficient (Wildman–Crippen LogP) is -5.90. The number of hydrogen-bond acceptors (Lipinski definition) is 15. The molecule has 3 amide bonds. The third-order valence-corrected chi connectivity index (χ3v) is 9.14. The summed E-state index contributed by atoms with van der Waals surface area (Å²) in [6.07, 6.45) is -10.6. The van der Waals surface area contributed by atoms with Crippen molar-refractivity contribution in [3.63, 3.8) is 0 Å². The molecule has 2 saturated heterocycles. The predicted molar refractivity (Wildman–Crippen MR) is 158 cm³/mol. The van der Waals surface area contributed by atoms with E-state index in [2.05, 4.69) is 16.0 Å². The first-order valence-corrected chi connectivity index (χ1v) is 15.7. The van der Waals surface area contributed by atoms with E-state index in [1.54, 1.807) is 0 Å². The smallest absolute Gasteiger partial charge is 0.217 e. The van der Waals surface area contributed by atoms with Crippen molar-refractivity contribution in [3.8, 4) is 0 Å². The highest BCUT2D eigenvalue weighted by Gasteiger charge is 2.48. The van der Waals surface area contributed by atoms with Crippen LogP contribution in [0.4, 0.5) is 0 Å². The van der Waals surface area contributed by atoms with Gasteiger partial charge >= 0.3 is 0 Å². The molecule has 0 aromatic carbocycles. The van der Waals surface area contributed by atoms with Crippen LogP contribution in [-0.2, 0) is 33.3 Å². The van der Waals surface area contributed by atoms with Gasteiger partial charge < -0.3 is 75.8 Å². The molecule has 272 valence electrons. The van der Waals surface area contributed by atoms with E-state index >= 15 is 0 Å². The van der Waals surface area contributed by atoms with Crippen molar-refractivity contribution in [1.29, 1.82) is 0 Å². The monoisotopic (exact) mass is 681 g/mol. The van der Waals surface area contributed by atoms with E-state index in [0.717, 1.165) is 0 Å². The summed E-state index contributed by atoms with van der Waals surface area (Å²) in [7, 11) is 0. The maximum Gasteiger partial charge on any atom is 0.217 e. The molecule has 3 aliphatic rings. The van der Waals surface area contributed by atoms with Gasteiger partial charge in [0, 0.05) is 39.2 Å². The second-order valence-electron chi connectivity index (χ2n) is 12.6. The minimum absolute atomic E-state index is 0.103. The second kappa shape index (κ2) is 18.1. The number of nitrogens with one attached hydrogen (secondary N) is 3. The maximum atomic E-state index is 12.1. The van der Waals surface area contributed by atoms with Crippen molar-refractivity contribution in [2.45, 2.75) is 100 Å². The summed E-state index contributed by atoms with van der Waals surface area (Å²) in [4.78, 5) is 35.4. The molecule has 2 aliphatic heterocycles. The Balaban J connectivity index is 1.66.